The van der Waals surface area contributed by atoms with E-state index in [2.05, 4.69) is 34.2 Å². The Labute approximate surface area is 177 Å². The Morgan fingerprint density at radius 2 is 1.90 bits per heavy atom. The first-order chi connectivity index (χ1) is 14.6. The first kappa shape index (κ1) is 18.4. The van der Waals surface area contributed by atoms with Crippen molar-refractivity contribution in [2.45, 2.75) is 25.3 Å². The molecule has 30 heavy (non-hydrogen) atoms. The van der Waals surface area contributed by atoms with E-state index in [1.54, 1.807) is 0 Å². The molecule has 2 aliphatic rings. The zero-order chi connectivity index (χ0) is 20.7. The zero-order valence-electron chi connectivity index (χ0n) is 16.0. The molecule has 0 saturated heterocycles. The molecule has 0 spiro atoms. The highest BCUT2D eigenvalue weighted by atomic mass is 32.1. The summed E-state index contributed by atoms with van der Waals surface area (Å²) in [5.74, 6) is -0.547. The third kappa shape index (κ3) is 3.11. The van der Waals surface area contributed by atoms with E-state index < -0.39 is 6.04 Å². The van der Waals surface area contributed by atoms with Gasteiger partial charge in [0, 0.05) is 4.88 Å². The van der Waals surface area contributed by atoms with E-state index in [9.17, 15) is 14.9 Å². The zero-order valence-corrected chi connectivity index (χ0v) is 16.8. The van der Waals surface area contributed by atoms with E-state index in [1.165, 1.54) is 16.9 Å². The van der Waals surface area contributed by atoms with Gasteiger partial charge in [0.25, 0.3) is 0 Å². The van der Waals surface area contributed by atoms with Gasteiger partial charge in [0.15, 0.2) is 0 Å². The largest absolute Gasteiger partial charge is 0.372 e. The van der Waals surface area contributed by atoms with Gasteiger partial charge in [-0.15, -0.1) is 11.3 Å². The van der Waals surface area contributed by atoms with E-state index in [0.717, 1.165) is 34.5 Å². The van der Waals surface area contributed by atoms with Crippen molar-refractivity contribution in [2.24, 2.45) is 0 Å². The summed E-state index contributed by atoms with van der Waals surface area (Å²) in [5, 5.41) is 19.1. The van der Waals surface area contributed by atoms with E-state index in [0.29, 0.717) is 16.3 Å². The lowest BCUT2D eigenvalue weighted by molar-refractivity contribution is -0.122. The smallest absolute Gasteiger partial charge is 0.247 e. The molecule has 3 N–H and O–H groups in total. The van der Waals surface area contributed by atoms with Crippen molar-refractivity contribution >= 4 is 39.5 Å². The van der Waals surface area contributed by atoms with E-state index in [1.807, 2.05) is 36.4 Å². The lowest BCUT2D eigenvalue weighted by Gasteiger charge is -2.26. The van der Waals surface area contributed by atoms with Gasteiger partial charge >= 0.3 is 0 Å². The summed E-state index contributed by atoms with van der Waals surface area (Å²) >= 11 is 1.43. The number of nitrogens with one attached hydrogen (secondary N) is 3. The summed E-state index contributed by atoms with van der Waals surface area (Å²) in [4.78, 5) is 26.1. The molecular weight excluding hydrogens is 396 g/mol. The van der Waals surface area contributed by atoms with Gasteiger partial charge in [0.1, 0.15) is 17.1 Å². The van der Waals surface area contributed by atoms with Gasteiger partial charge in [0.2, 0.25) is 11.8 Å². The number of anilines is 3. The molecule has 0 saturated carbocycles. The third-order valence-electron chi connectivity index (χ3n) is 5.50. The highest BCUT2D eigenvalue weighted by Crippen LogP contribution is 2.44. The molecule has 5 rings (SSSR count). The quantitative estimate of drug-likeness (QED) is 0.600. The average molecular weight is 414 g/mol. The monoisotopic (exact) mass is 414 g/mol. The average Bonchev–Trinajstić information content (AvgIpc) is 3.11. The molecule has 1 aliphatic heterocycles. The van der Waals surface area contributed by atoms with Crippen molar-refractivity contribution in [1.29, 1.82) is 5.26 Å². The molecule has 148 valence electrons. The maximum Gasteiger partial charge on any atom is 0.247 e. The topological polar surface area (TPSA) is 94.0 Å². The first-order valence-electron chi connectivity index (χ1n) is 9.74. The van der Waals surface area contributed by atoms with E-state index in [4.69, 9.17) is 0 Å². The molecule has 1 atom stereocenters. The highest BCUT2D eigenvalue weighted by molar-refractivity contribution is 7.20. The number of para-hydroxylation sites is 2. The Morgan fingerprint density at radius 3 is 2.73 bits per heavy atom. The highest BCUT2D eigenvalue weighted by Gasteiger charge is 2.29. The van der Waals surface area contributed by atoms with Crippen LogP contribution >= 0.6 is 11.3 Å². The van der Waals surface area contributed by atoms with Crippen LogP contribution in [0.15, 0.2) is 48.5 Å². The predicted molar refractivity (Wildman–Crippen MR) is 118 cm³/mol. The summed E-state index contributed by atoms with van der Waals surface area (Å²) in [6.07, 6.45) is 1.64. The number of aryl methyl sites for hydroxylation is 1. The molecule has 0 fully saturated rings. The Bertz CT molecular complexity index is 1220. The number of nitrogens with zero attached hydrogens (tertiary/aromatic N) is 1. The summed E-state index contributed by atoms with van der Waals surface area (Å²) < 4.78 is 0. The third-order valence-corrected chi connectivity index (χ3v) is 6.68. The number of carbonyl (C=O) groups is 2. The fourth-order valence-corrected chi connectivity index (χ4v) is 5.32. The van der Waals surface area contributed by atoms with E-state index in [-0.39, 0.29) is 18.2 Å². The minimum Gasteiger partial charge on any atom is -0.372 e. The normalized spacial score (nSPS) is 16.2. The summed E-state index contributed by atoms with van der Waals surface area (Å²) in [7, 11) is 0. The molecule has 6 nitrogen and oxygen atoms in total. The minimum absolute atomic E-state index is 0.0236. The number of thiophene rings is 1. The second-order valence-corrected chi connectivity index (χ2v) is 8.39. The molecule has 2 aromatic carbocycles. The van der Waals surface area contributed by atoms with Gasteiger partial charge in [-0.25, -0.2) is 0 Å². The number of rotatable bonds is 3. The number of carbonyl (C=O) groups excluding carboxylic acids is 2. The fraction of sp³-hybridized carbons (Fsp3) is 0.174. The van der Waals surface area contributed by atoms with Crippen LogP contribution in [0.1, 0.15) is 23.1 Å². The van der Waals surface area contributed by atoms with Crippen LogP contribution in [-0.4, -0.2) is 17.9 Å². The second kappa shape index (κ2) is 7.32. The molecule has 1 aromatic heterocycles. The number of hydrogen-bond donors (Lipinski definition) is 3. The lowest BCUT2D eigenvalue weighted by Crippen LogP contribution is -2.41. The molecule has 2 amide bonds. The van der Waals surface area contributed by atoms with Gasteiger partial charge in [-0.3, -0.25) is 9.59 Å². The lowest BCUT2D eigenvalue weighted by atomic mass is 9.90. The van der Waals surface area contributed by atoms with Gasteiger partial charge in [0.05, 0.1) is 23.4 Å². The number of hydrogen-bond acceptors (Lipinski definition) is 5. The maximum atomic E-state index is 12.7. The maximum absolute atomic E-state index is 12.7. The molecule has 2 heterocycles. The SMILES string of the molecule is N#Cc1c(NC(=O)CC2Nc3ccccc3NC2=O)sc2c1CCc1ccccc1-2. The van der Waals surface area contributed by atoms with Crippen LogP contribution in [0.2, 0.25) is 0 Å². The standard InChI is InChI=1S/C23H18N4O2S/c24-12-16-15-10-9-13-5-1-2-6-14(13)21(15)30-23(16)27-20(28)11-19-22(29)26-18-8-4-3-7-17(18)25-19/h1-8,19,25H,9-11H2,(H,26,29)(H,27,28). The second-order valence-electron chi connectivity index (χ2n) is 7.37. The van der Waals surface area contributed by atoms with Crippen LogP contribution in [0.3, 0.4) is 0 Å². The first-order valence-corrected chi connectivity index (χ1v) is 10.6. The van der Waals surface area contributed by atoms with Crippen molar-refractivity contribution in [3.8, 4) is 16.5 Å². The number of fused-ring (bicyclic) bond motifs is 4. The predicted octanol–water partition coefficient (Wildman–Crippen LogP) is 4.15. The Balaban J connectivity index is 1.37. The van der Waals surface area contributed by atoms with Gasteiger partial charge < -0.3 is 16.0 Å². The van der Waals surface area contributed by atoms with Gasteiger partial charge in [-0.05, 0) is 41.7 Å². The van der Waals surface area contributed by atoms with Gasteiger partial charge in [-0.1, -0.05) is 36.4 Å². The Hall–Kier alpha value is -3.63. The number of benzene rings is 2. The number of amides is 2. The van der Waals surface area contributed by atoms with E-state index >= 15 is 0 Å². The summed E-state index contributed by atoms with van der Waals surface area (Å²) in [5.41, 5.74) is 5.41. The van der Waals surface area contributed by atoms with Crippen molar-refractivity contribution < 1.29 is 9.59 Å². The van der Waals surface area contributed by atoms with Crippen LogP contribution < -0.4 is 16.0 Å². The fourth-order valence-electron chi connectivity index (χ4n) is 4.04. The summed E-state index contributed by atoms with van der Waals surface area (Å²) in [6.45, 7) is 0. The Morgan fingerprint density at radius 1 is 1.13 bits per heavy atom. The Kier molecular flexibility index (Phi) is 4.49. The number of nitriles is 1. The molecule has 0 bridgehead atoms. The van der Waals surface area contributed by atoms with Crippen molar-refractivity contribution in [3.63, 3.8) is 0 Å². The van der Waals surface area contributed by atoms with Gasteiger partial charge in [-0.2, -0.15) is 5.26 Å². The molecular formula is C23H18N4O2S. The van der Waals surface area contributed by atoms with Crippen LogP contribution in [0.25, 0.3) is 10.4 Å². The molecule has 0 radical (unpaired) electrons. The van der Waals surface area contributed by atoms with Crippen molar-refractivity contribution in [1.82, 2.24) is 0 Å². The molecule has 1 unspecified atom stereocenters. The van der Waals surface area contributed by atoms with Crippen LogP contribution in [0.4, 0.5) is 16.4 Å². The van der Waals surface area contributed by atoms with Crippen molar-refractivity contribution in [2.75, 3.05) is 16.0 Å². The van der Waals surface area contributed by atoms with Crippen LogP contribution in [-0.2, 0) is 22.4 Å². The minimum atomic E-state index is -0.666. The summed E-state index contributed by atoms with van der Waals surface area (Å²) in [6, 6.07) is 17.2. The van der Waals surface area contributed by atoms with Crippen LogP contribution in [0, 0.1) is 11.3 Å². The molecule has 3 aromatic rings. The molecule has 1 aliphatic carbocycles. The van der Waals surface area contributed by atoms with Crippen molar-refractivity contribution in [3.05, 3.63) is 65.2 Å². The molecule has 7 heteroatoms. The van der Waals surface area contributed by atoms with Crippen LogP contribution in [0.5, 0.6) is 0 Å².